The minimum Gasteiger partial charge on any atom is -0.455 e. The quantitative estimate of drug-likeness (QED) is 0.113. The maximum Gasteiger partial charge on any atom is 0.498 e. The molecular formula is C35H39BF2N2O8S. The lowest BCUT2D eigenvalue weighted by molar-refractivity contribution is -0.0389. The van der Waals surface area contributed by atoms with Crippen molar-refractivity contribution in [2.45, 2.75) is 70.8 Å². The van der Waals surface area contributed by atoms with Gasteiger partial charge in [0.25, 0.3) is 5.91 Å². The molecule has 0 unspecified atom stereocenters. The van der Waals surface area contributed by atoms with E-state index in [4.69, 9.17) is 28.9 Å². The third kappa shape index (κ3) is 6.84. The number of ether oxygens (including phenoxy) is 2. The number of anilines is 1. The van der Waals surface area contributed by atoms with Crippen molar-refractivity contribution in [3.05, 3.63) is 82.4 Å². The number of amides is 1. The van der Waals surface area contributed by atoms with Crippen molar-refractivity contribution in [3.63, 3.8) is 0 Å². The first-order valence-corrected chi connectivity index (χ1v) is 17.7. The molecule has 3 aromatic carbocycles. The van der Waals surface area contributed by atoms with Crippen LogP contribution in [0.5, 0.6) is 0 Å². The monoisotopic (exact) mass is 696 g/mol. The van der Waals surface area contributed by atoms with Crippen molar-refractivity contribution >= 4 is 45.2 Å². The topological polar surface area (TPSA) is 131 Å². The molecule has 1 saturated heterocycles. The number of benzene rings is 3. The number of fused-ring (bicyclic) bond motifs is 1. The highest BCUT2D eigenvalue weighted by molar-refractivity contribution is 7.92. The summed E-state index contributed by atoms with van der Waals surface area (Å²) in [5.74, 6) is -1.67. The molecule has 49 heavy (non-hydrogen) atoms. The molecule has 6 rings (SSSR count). The molecule has 0 radical (unpaired) electrons. The van der Waals surface area contributed by atoms with Crippen LogP contribution in [-0.2, 0) is 42.0 Å². The van der Waals surface area contributed by atoms with Crippen LogP contribution in [0, 0.1) is 11.6 Å². The summed E-state index contributed by atoms with van der Waals surface area (Å²) in [4.78, 5) is 12.7. The average molecular weight is 697 g/mol. The fourth-order valence-electron chi connectivity index (χ4n) is 6.09. The van der Waals surface area contributed by atoms with E-state index in [2.05, 4.69) is 0 Å². The summed E-state index contributed by atoms with van der Waals surface area (Å²) in [6, 6.07) is 11.7. The number of carbonyl (C=O) groups is 1. The summed E-state index contributed by atoms with van der Waals surface area (Å²) in [5, 5.41) is 0.418. The number of hydrogen-bond acceptors (Lipinski definition) is 8. The van der Waals surface area contributed by atoms with E-state index < -0.39 is 45.9 Å². The average Bonchev–Trinajstić information content (AvgIpc) is 3.74. The molecule has 0 atom stereocenters. The number of nitrogens with zero attached hydrogens (tertiary/aromatic N) is 1. The Bertz CT molecular complexity index is 2010. The minimum atomic E-state index is -3.96. The molecule has 2 N–H and O–H groups in total. The predicted molar refractivity (Wildman–Crippen MR) is 182 cm³/mol. The molecule has 1 aromatic heterocycles. The number of furan rings is 1. The van der Waals surface area contributed by atoms with Gasteiger partial charge < -0.3 is 28.9 Å². The number of carbonyl (C=O) groups excluding carboxylic acids is 1. The summed E-state index contributed by atoms with van der Waals surface area (Å²) in [6.07, 6.45) is 2.69. The smallest absolute Gasteiger partial charge is 0.455 e. The van der Waals surface area contributed by atoms with E-state index >= 15 is 4.39 Å². The van der Waals surface area contributed by atoms with Crippen molar-refractivity contribution in [3.8, 4) is 11.3 Å². The number of nitrogens with two attached hydrogens (primary N) is 1. The van der Waals surface area contributed by atoms with Crippen molar-refractivity contribution in [2.75, 3.05) is 24.5 Å². The Morgan fingerprint density at radius 3 is 2.27 bits per heavy atom. The standard InChI is InChI=1S/C35H39BF2N2O8S/c1-34(2)35(3,4)48-36(47-34)31-23(18-45-19-44-5)13-20(14-27(31)38)17-40(49(6,42)43)28-16-29-26(15-25(28)21-7-8-21)30(33(39)41)32(46-29)22-9-11-24(37)12-10-22/h9-16,21H,7-8,17-19H2,1-6H3,(H2,39,41). The normalized spacial score (nSPS) is 17.2. The number of halogens is 2. The third-order valence-corrected chi connectivity index (χ3v) is 10.6. The molecular weight excluding hydrogens is 657 g/mol. The van der Waals surface area contributed by atoms with Gasteiger partial charge in [0, 0.05) is 29.6 Å². The fourth-order valence-corrected chi connectivity index (χ4v) is 6.99. The van der Waals surface area contributed by atoms with Crippen molar-refractivity contribution in [2.24, 2.45) is 5.73 Å². The molecule has 0 bridgehead atoms. The lowest BCUT2D eigenvalue weighted by atomic mass is 9.75. The number of methoxy groups -OCH3 is 1. The van der Waals surface area contributed by atoms with Gasteiger partial charge in [-0.2, -0.15) is 0 Å². The molecule has 1 aliphatic heterocycles. The zero-order valence-corrected chi connectivity index (χ0v) is 29.1. The zero-order chi connectivity index (χ0) is 35.5. The molecule has 1 saturated carbocycles. The Labute approximate surface area is 284 Å². The van der Waals surface area contributed by atoms with E-state index in [0.29, 0.717) is 33.3 Å². The first kappa shape index (κ1) is 35.0. The summed E-state index contributed by atoms with van der Waals surface area (Å²) >= 11 is 0. The van der Waals surface area contributed by atoms with Crippen LogP contribution in [0.25, 0.3) is 22.3 Å². The molecule has 10 nitrogen and oxygen atoms in total. The van der Waals surface area contributed by atoms with Gasteiger partial charge in [-0.05, 0) is 99.5 Å². The van der Waals surface area contributed by atoms with Crippen LogP contribution < -0.4 is 15.5 Å². The molecule has 4 aromatic rings. The lowest BCUT2D eigenvalue weighted by Crippen LogP contribution is -2.41. The van der Waals surface area contributed by atoms with Crippen LogP contribution in [0.15, 0.2) is 52.9 Å². The molecule has 2 heterocycles. The van der Waals surface area contributed by atoms with Crippen LogP contribution in [0.1, 0.15) is 73.5 Å². The second-order valence-electron chi connectivity index (χ2n) is 13.6. The van der Waals surface area contributed by atoms with Gasteiger partial charge in [0.15, 0.2) is 0 Å². The molecule has 0 spiro atoms. The van der Waals surface area contributed by atoms with Crippen LogP contribution >= 0.6 is 0 Å². The van der Waals surface area contributed by atoms with E-state index in [1.807, 2.05) is 27.7 Å². The summed E-state index contributed by atoms with van der Waals surface area (Å²) in [7, 11) is -3.51. The van der Waals surface area contributed by atoms with Gasteiger partial charge in [0.05, 0.1) is 41.9 Å². The van der Waals surface area contributed by atoms with Gasteiger partial charge in [-0.1, -0.05) is 6.07 Å². The summed E-state index contributed by atoms with van der Waals surface area (Å²) in [6.45, 7) is 7.14. The van der Waals surface area contributed by atoms with Crippen LogP contribution in [0.3, 0.4) is 0 Å². The summed E-state index contributed by atoms with van der Waals surface area (Å²) in [5.41, 5.74) is 7.07. The highest BCUT2D eigenvalue weighted by Crippen LogP contribution is 2.48. The minimum absolute atomic E-state index is 0.0223. The zero-order valence-electron chi connectivity index (χ0n) is 28.3. The largest absolute Gasteiger partial charge is 0.498 e. The number of rotatable bonds is 12. The van der Waals surface area contributed by atoms with E-state index in [9.17, 15) is 17.6 Å². The van der Waals surface area contributed by atoms with Gasteiger partial charge >= 0.3 is 7.12 Å². The van der Waals surface area contributed by atoms with Crippen LogP contribution in [0.2, 0.25) is 0 Å². The van der Waals surface area contributed by atoms with E-state index in [-0.39, 0.29) is 48.2 Å². The second kappa shape index (κ2) is 12.8. The Hall–Kier alpha value is -3.82. The maximum atomic E-state index is 16.2. The molecule has 260 valence electrons. The van der Waals surface area contributed by atoms with E-state index in [0.717, 1.165) is 19.1 Å². The van der Waals surface area contributed by atoms with E-state index in [1.165, 1.54) is 41.7 Å². The SMILES string of the molecule is COCOCc1cc(CN(c2cc3oc(-c4ccc(F)cc4)c(C(N)=O)c3cc2C2CC2)S(C)(=O)=O)cc(F)c1B1OC(C)(C)C(C)(C)O1. The van der Waals surface area contributed by atoms with Gasteiger partial charge in [0.1, 0.15) is 29.8 Å². The van der Waals surface area contributed by atoms with Crippen molar-refractivity contribution in [1.29, 1.82) is 0 Å². The van der Waals surface area contributed by atoms with Crippen molar-refractivity contribution < 1.29 is 45.2 Å². The Morgan fingerprint density at radius 2 is 1.69 bits per heavy atom. The highest BCUT2D eigenvalue weighted by atomic mass is 32.2. The molecule has 2 fully saturated rings. The van der Waals surface area contributed by atoms with Gasteiger partial charge in [0.2, 0.25) is 10.0 Å². The number of sulfonamides is 1. The maximum absolute atomic E-state index is 16.2. The number of primary amides is 1. The lowest BCUT2D eigenvalue weighted by Gasteiger charge is -2.32. The van der Waals surface area contributed by atoms with Crippen LogP contribution in [0.4, 0.5) is 14.5 Å². The predicted octanol–water partition coefficient (Wildman–Crippen LogP) is 5.74. The second-order valence-corrected chi connectivity index (χ2v) is 15.5. The Morgan fingerprint density at radius 1 is 1.04 bits per heavy atom. The molecule has 1 amide bonds. The molecule has 2 aliphatic rings. The Kier molecular flexibility index (Phi) is 9.16. The first-order valence-electron chi connectivity index (χ1n) is 15.9. The van der Waals surface area contributed by atoms with E-state index in [1.54, 1.807) is 18.2 Å². The molecule has 1 aliphatic carbocycles. The third-order valence-electron chi connectivity index (χ3n) is 9.43. The highest BCUT2D eigenvalue weighted by Gasteiger charge is 2.53. The Balaban J connectivity index is 1.45. The fraction of sp³-hybridized carbons (Fsp3) is 0.400. The van der Waals surface area contributed by atoms with Gasteiger partial charge in [-0.25, -0.2) is 17.2 Å². The van der Waals surface area contributed by atoms with Gasteiger partial charge in [-0.15, -0.1) is 0 Å². The number of hydrogen-bond donors (Lipinski definition) is 1. The van der Waals surface area contributed by atoms with Crippen molar-refractivity contribution in [1.82, 2.24) is 0 Å². The first-order chi connectivity index (χ1) is 23.0. The molecule has 14 heteroatoms. The van der Waals surface area contributed by atoms with Gasteiger partial charge in [-0.3, -0.25) is 9.10 Å². The summed E-state index contributed by atoms with van der Waals surface area (Å²) < 4.78 is 87.2. The van der Waals surface area contributed by atoms with Crippen LogP contribution in [-0.4, -0.2) is 52.8 Å².